The zero-order valence-corrected chi connectivity index (χ0v) is 29.2. The highest BCUT2D eigenvalue weighted by Gasteiger charge is 2.66. The predicted octanol–water partition coefficient (Wildman–Crippen LogP) is 0.220. The van der Waals surface area contributed by atoms with E-state index in [0.717, 1.165) is 39.7 Å². The Labute approximate surface area is 287 Å². The molecule has 0 aromatic rings. The molecule has 5 heterocycles. The van der Waals surface area contributed by atoms with Gasteiger partial charge < -0.3 is 56.8 Å². The van der Waals surface area contributed by atoms with Crippen molar-refractivity contribution in [2.24, 2.45) is 0 Å². The molecule has 5 fully saturated rings. The van der Waals surface area contributed by atoms with E-state index in [-0.39, 0.29) is 0 Å². The summed E-state index contributed by atoms with van der Waals surface area (Å²) < 4.78 is 69.8. The molecule has 0 bridgehead atoms. The minimum Gasteiger partial charge on any atom is -0.465 e. The lowest BCUT2D eigenvalue weighted by atomic mass is 9.88. The molecule has 0 N–H and O–H groups in total. The first-order valence-corrected chi connectivity index (χ1v) is 16.0. The van der Waals surface area contributed by atoms with Crippen molar-refractivity contribution < 1.29 is 85.6 Å². The molecule has 0 unspecified atom stereocenters. The summed E-state index contributed by atoms with van der Waals surface area (Å²) in [6.07, 6.45) is -11.8. The van der Waals surface area contributed by atoms with E-state index in [4.69, 9.17) is 56.8 Å². The third-order valence-electron chi connectivity index (χ3n) is 8.59. The number of esters is 4. The van der Waals surface area contributed by atoms with Gasteiger partial charge in [-0.1, -0.05) is 0 Å². The van der Waals surface area contributed by atoms with Crippen LogP contribution in [-0.4, -0.2) is 140 Å². The lowest BCUT2D eigenvalue weighted by molar-refractivity contribution is -0.325. The molecule has 50 heavy (non-hydrogen) atoms. The number of carbonyl (C=O) groups is 6. The third kappa shape index (κ3) is 7.58. The summed E-state index contributed by atoms with van der Waals surface area (Å²) in [5.74, 6) is -8.90. The molecule has 2 amide bonds. The maximum atomic E-state index is 13.7. The number of fused-ring (bicyclic) bond motifs is 4. The van der Waals surface area contributed by atoms with Gasteiger partial charge in [-0.3, -0.25) is 19.2 Å². The van der Waals surface area contributed by atoms with Gasteiger partial charge in [0, 0.05) is 27.7 Å². The van der Waals surface area contributed by atoms with E-state index in [0.29, 0.717) is 0 Å². The summed E-state index contributed by atoms with van der Waals surface area (Å²) in [6.45, 7) is 10.1. The van der Waals surface area contributed by atoms with Crippen LogP contribution < -0.4 is 0 Å². The Morgan fingerprint density at radius 3 is 2.06 bits per heavy atom. The molecule has 19 heteroatoms. The summed E-state index contributed by atoms with van der Waals surface area (Å²) in [6, 6.07) is -1.35. The number of methoxy groups -OCH3 is 1. The molecule has 19 nitrogen and oxygen atoms in total. The number of imide groups is 1. The highest BCUT2D eigenvalue weighted by atomic mass is 16.9. The minimum absolute atomic E-state index is 0.420. The maximum Gasteiger partial charge on any atom is 0.417 e. The topological polar surface area (TPSA) is 216 Å². The monoisotopic (exact) mass is 717 g/mol. The van der Waals surface area contributed by atoms with Gasteiger partial charge in [-0.2, -0.15) is 0 Å². The average molecular weight is 718 g/mol. The van der Waals surface area contributed by atoms with Gasteiger partial charge >= 0.3 is 30.0 Å². The zero-order valence-electron chi connectivity index (χ0n) is 29.2. The first kappa shape index (κ1) is 37.8. The van der Waals surface area contributed by atoms with Crippen LogP contribution in [0.25, 0.3) is 0 Å². The molecule has 5 aliphatic heterocycles. The number of hydrogen-bond donors (Lipinski definition) is 0. The van der Waals surface area contributed by atoms with Crippen LogP contribution in [0.15, 0.2) is 0 Å². The van der Waals surface area contributed by atoms with Crippen molar-refractivity contribution in [3.8, 4) is 0 Å². The van der Waals surface area contributed by atoms with Crippen LogP contribution in [0.5, 0.6) is 0 Å². The second kappa shape index (κ2) is 13.9. The number of hydrogen-bond acceptors (Lipinski definition) is 18. The van der Waals surface area contributed by atoms with Crippen LogP contribution >= 0.6 is 0 Å². The van der Waals surface area contributed by atoms with Gasteiger partial charge in [0.15, 0.2) is 30.1 Å². The molecule has 0 aromatic carbocycles. The maximum absolute atomic E-state index is 13.7. The Balaban J connectivity index is 1.52. The quantitative estimate of drug-likeness (QED) is 0.218. The summed E-state index contributed by atoms with van der Waals surface area (Å²) >= 11 is 0. The van der Waals surface area contributed by atoms with Crippen LogP contribution in [0.4, 0.5) is 4.79 Å². The van der Waals surface area contributed by atoms with Crippen LogP contribution in [0.1, 0.15) is 61.8 Å². The molecule has 0 radical (unpaired) electrons. The molecule has 5 aliphatic rings. The predicted molar refractivity (Wildman–Crippen MR) is 157 cm³/mol. The van der Waals surface area contributed by atoms with E-state index in [1.165, 1.54) is 0 Å². The van der Waals surface area contributed by atoms with Gasteiger partial charge in [0.2, 0.25) is 5.91 Å². The minimum atomic E-state index is -2.41. The number of amides is 2. The highest BCUT2D eigenvalue weighted by molar-refractivity contribution is 5.93. The normalized spacial score (nSPS) is 36.2. The highest BCUT2D eigenvalue weighted by Crippen LogP contribution is 2.46. The SMILES string of the molecule is COC(=O)[C@@]1(OC[C@H]2O[C@@H]3OC(C)(C)O[C@@H]3[C@H]3OC(C)(C)O[C@H]32)C[C@@H]2OC(=O)N(C(C)=O)[C@H]2[C@H]([C@H](OC(C)=O)[C@@H](COC(C)=O)OC(C)=O)O1. The van der Waals surface area contributed by atoms with E-state index < -0.39 is 134 Å². The fourth-order valence-corrected chi connectivity index (χ4v) is 6.91. The fraction of sp³-hybridized carbons (Fsp3) is 0.806. The Kier molecular flexibility index (Phi) is 10.5. The molecule has 0 aliphatic carbocycles. The van der Waals surface area contributed by atoms with E-state index in [1.807, 2.05) is 0 Å². The number of rotatable bonds is 10. The van der Waals surface area contributed by atoms with E-state index >= 15 is 0 Å². The molecule has 280 valence electrons. The number of ether oxygens (including phenoxy) is 12. The lowest BCUT2D eigenvalue weighted by Gasteiger charge is -2.47. The van der Waals surface area contributed by atoms with Gasteiger partial charge in [-0.05, 0) is 27.7 Å². The van der Waals surface area contributed by atoms with Crippen molar-refractivity contribution in [3.05, 3.63) is 0 Å². The van der Waals surface area contributed by atoms with Crippen molar-refractivity contribution in [2.75, 3.05) is 20.3 Å². The summed E-state index contributed by atoms with van der Waals surface area (Å²) in [5.41, 5.74) is 0. The number of carbonyl (C=O) groups excluding carboxylic acids is 6. The van der Waals surface area contributed by atoms with E-state index in [9.17, 15) is 28.8 Å². The van der Waals surface area contributed by atoms with Gasteiger partial charge in [-0.25, -0.2) is 14.5 Å². The van der Waals surface area contributed by atoms with Gasteiger partial charge in [-0.15, -0.1) is 0 Å². The van der Waals surface area contributed by atoms with Gasteiger partial charge in [0.05, 0.1) is 20.1 Å². The largest absolute Gasteiger partial charge is 0.465 e. The summed E-state index contributed by atoms with van der Waals surface area (Å²) in [7, 11) is 1.06. The Morgan fingerprint density at radius 1 is 0.840 bits per heavy atom. The second-order valence-electron chi connectivity index (χ2n) is 13.4. The standard InChI is InChI=1S/C31H43NO18/c1-13(33)32-20-17(45-28(32)38)10-31(27(37)39-9,49-23(20)21(43-16(4)36)18(42-15(3)35)11-40-14(2)34)41-12-19-22-24(47-29(5,6)46-22)25-26(44-19)50-30(7,8)48-25/h17-26H,10-12H2,1-9H3/t17-,18+,19+,20+,21+,22-,23+,24-,25+,26+,31+/m0/s1. The van der Waals surface area contributed by atoms with Crippen LogP contribution in [0, 0.1) is 0 Å². The number of nitrogens with zero attached hydrogens (tertiary/aromatic N) is 1. The smallest absolute Gasteiger partial charge is 0.417 e. The first-order chi connectivity index (χ1) is 23.3. The summed E-state index contributed by atoms with van der Waals surface area (Å²) in [5, 5.41) is 0. The molecule has 0 aromatic heterocycles. The van der Waals surface area contributed by atoms with Crippen molar-refractivity contribution in [3.63, 3.8) is 0 Å². The van der Waals surface area contributed by atoms with Crippen molar-refractivity contribution in [2.45, 2.75) is 140 Å². The first-order valence-electron chi connectivity index (χ1n) is 16.0. The second-order valence-corrected chi connectivity index (χ2v) is 13.4. The van der Waals surface area contributed by atoms with Crippen molar-refractivity contribution >= 4 is 35.9 Å². The van der Waals surface area contributed by atoms with Gasteiger partial charge in [0.1, 0.15) is 49.3 Å². The molecule has 5 saturated heterocycles. The van der Waals surface area contributed by atoms with E-state index in [2.05, 4.69) is 0 Å². The molecular weight excluding hydrogens is 674 g/mol. The summed E-state index contributed by atoms with van der Waals surface area (Å²) in [4.78, 5) is 76.7. The van der Waals surface area contributed by atoms with Crippen LogP contribution in [0.3, 0.4) is 0 Å². The Morgan fingerprint density at radius 2 is 1.46 bits per heavy atom. The Bertz CT molecular complexity index is 1380. The van der Waals surface area contributed by atoms with Crippen molar-refractivity contribution in [1.29, 1.82) is 0 Å². The third-order valence-corrected chi connectivity index (χ3v) is 8.59. The molecular formula is C31H43NO18. The molecule has 11 atom stereocenters. The van der Waals surface area contributed by atoms with Crippen LogP contribution in [-0.2, 0) is 80.8 Å². The Hall–Kier alpha value is -3.46. The van der Waals surface area contributed by atoms with E-state index in [1.54, 1.807) is 27.7 Å². The van der Waals surface area contributed by atoms with Gasteiger partial charge in [0.25, 0.3) is 5.79 Å². The van der Waals surface area contributed by atoms with Crippen LogP contribution in [0.2, 0.25) is 0 Å². The molecule has 0 spiro atoms. The zero-order chi connectivity index (χ0) is 36.9. The average Bonchev–Trinajstić information content (AvgIpc) is 3.62. The molecule has 0 saturated carbocycles. The lowest BCUT2D eigenvalue weighted by Crippen LogP contribution is -2.67. The molecule has 5 rings (SSSR count). The fourth-order valence-electron chi connectivity index (χ4n) is 6.91. The van der Waals surface area contributed by atoms with Crippen molar-refractivity contribution in [1.82, 2.24) is 4.90 Å².